The molecule has 0 aliphatic carbocycles. The summed E-state index contributed by atoms with van der Waals surface area (Å²) in [5.74, 6) is 0.435. The van der Waals surface area contributed by atoms with E-state index in [0.717, 1.165) is 17.7 Å². The van der Waals surface area contributed by atoms with Crippen LogP contribution in [0.4, 0.5) is 10.1 Å². The molecule has 0 saturated heterocycles. The summed E-state index contributed by atoms with van der Waals surface area (Å²) in [5.41, 5.74) is 3.68. The summed E-state index contributed by atoms with van der Waals surface area (Å²) in [5, 5.41) is 0. The van der Waals surface area contributed by atoms with Crippen molar-refractivity contribution in [2.45, 2.75) is 20.0 Å². The first-order chi connectivity index (χ1) is 12.2. The third kappa shape index (κ3) is 4.77. The number of aliphatic imine (C=N–C) groups is 1. The largest absolute Gasteiger partial charge is 0.489 e. The van der Waals surface area contributed by atoms with Crippen LogP contribution in [0.1, 0.15) is 23.6 Å². The molecule has 0 aromatic heterocycles. The molecule has 3 rings (SSSR count). The van der Waals surface area contributed by atoms with Crippen molar-refractivity contribution in [2.24, 2.45) is 4.99 Å². The molecule has 0 amide bonds. The quantitative estimate of drug-likeness (QED) is 0.529. The van der Waals surface area contributed by atoms with Crippen molar-refractivity contribution in [1.29, 1.82) is 0 Å². The van der Waals surface area contributed by atoms with Crippen LogP contribution >= 0.6 is 0 Å². The van der Waals surface area contributed by atoms with Gasteiger partial charge in [-0.1, -0.05) is 49.4 Å². The van der Waals surface area contributed by atoms with Crippen LogP contribution in [-0.2, 0) is 13.0 Å². The molecule has 3 aromatic rings. The molecule has 0 saturated carbocycles. The predicted octanol–water partition coefficient (Wildman–Crippen LogP) is 5.72. The van der Waals surface area contributed by atoms with E-state index in [0.29, 0.717) is 11.3 Å². The van der Waals surface area contributed by atoms with Gasteiger partial charge in [0.15, 0.2) is 0 Å². The molecule has 2 nitrogen and oxygen atoms in total. The molecule has 3 heteroatoms. The van der Waals surface area contributed by atoms with E-state index >= 15 is 0 Å². The number of aryl methyl sites for hydroxylation is 1. The minimum Gasteiger partial charge on any atom is -0.489 e. The molecule has 0 bridgehead atoms. The van der Waals surface area contributed by atoms with E-state index in [9.17, 15) is 4.39 Å². The number of benzene rings is 3. The van der Waals surface area contributed by atoms with Gasteiger partial charge >= 0.3 is 0 Å². The molecular weight excluding hydrogens is 313 g/mol. The van der Waals surface area contributed by atoms with Gasteiger partial charge in [0.1, 0.15) is 18.2 Å². The Morgan fingerprint density at radius 2 is 1.76 bits per heavy atom. The summed E-state index contributed by atoms with van der Waals surface area (Å²) >= 11 is 0. The van der Waals surface area contributed by atoms with Crippen molar-refractivity contribution in [3.05, 3.63) is 95.3 Å². The Kier molecular flexibility index (Phi) is 5.57. The zero-order valence-electron chi connectivity index (χ0n) is 14.2. The highest BCUT2D eigenvalue weighted by atomic mass is 19.1. The van der Waals surface area contributed by atoms with Gasteiger partial charge in [0.2, 0.25) is 0 Å². The Bertz CT molecular complexity index is 856. The number of ether oxygens (including phenoxy) is 1. The van der Waals surface area contributed by atoms with Gasteiger partial charge in [-0.15, -0.1) is 0 Å². The second-order valence-electron chi connectivity index (χ2n) is 5.73. The average molecular weight is 333 g/mol. The zero-order chi connectivity index (χ0) is 17.5. The maximum absolute atomic E-state index is 13.6. The second kappa shape index (κ2) is 8.25. The van der Waals surface area contributed by atoms with Crippen LogP contribution in [0, 0.1) is 5.82 Å². The number of halogens is 1. The highest BCUT2D eigenvalue weighted by Crippen LogP contribution is 2.17. The molecule has 3 aromatic carbocycles. The highest BCUT2D eigenvalue weighted by molar-refractivity contribution is 5.82. The van der Waals surface area contributed by atoms with Gasteiger partial charge in [-0.2, -0.15) is 0 Å². The lowest BCUT2D eigenvalue weighted by molar-refractivity contribution is 0.300. The summed E-state index contributed by atoms with van der Waals surface area (Å²) in [6.45, 7) is 2.33. The molecule has 0 aliphatic rings. The minimum atomic E-state index is -0.254. The van der Waals surface area contributed by atoms with Crippen molar-refractivity contribution >= 4 is 11.9 Å². The summed E-state index contributed by atoms with van der Waals surface area (Å²) < 4.78 is 19.3. The van der Waals surface area contributed by atoms with Crippen LogP contribution < -0.4 is 4.74 Å². The van der Waals surface area contributed by atoms with Gasteiger partial charge in [0.05, 0.1) is 5.69 Å². The number of hydrogen-bond acceptors (Lipinski definition) is 2. The minimum absolute atomic E-state index is 0.200. The van der Waals surface area contributed by atoms with Crippen molar-refractivity contribution in [1.82, 2.24) is 0 Å². The van der Waals surface area contributed by atoms with Gasteiger partial charge in [-0.25, -0.2) is 4.39 Å². The first-order valence-electron chi connectivity index (χ1n) is 8.34. The smallest absolute Gasteiger partial charge is 0.129 e. The van der Waals surface area contributed by atoms with Gasteiger partial charge in [0, 0.05) is 11.8 Å². The molecule has 25 heavy (non-hydrogen) atoms. The van der Waals surface area contributed by atoms with Crippen molar-refractivity contribution in [2.75, 3.05) is 0 Å². The Labute approximate surface area is 147 Å². The monoisotopic (exact) mass is 333 g/mol. The zero-order valence-corrected chi connectivity index (χ0v) is 14.2. The first kappa shape index (κ1) is 16.9. The van der Waals surface area contributed by atoms with Gasteiger partial charge in [-0.05, 0) is 47.9 Å². The summed E-state index contributed by atoms with van der Waals surface area (Å²) in [7, 11) is 0. The van der Waals surface area contributed by atoms with Gasteiger partial charge < -0.3 is 4.74 Å². The molecule has 0 atom stereocenters. The molecule has 0 N–H and O–H groups in total. The molecule has 0 aliphatic heterocycles. The average Bonchev–Trinajstić information content (AvgIpc) is 2.66. The summed E-state index contributed by atoms with van der Waals surface area (Å²) in [6.07, 6.45) is 2.82. The topological polar surface area (TPSA) is 21.6 Å². The second-order valence-corrected chi connectivity index (χ2v) is 5.73. The summed E-state index contributed by atoms with van der Waals surface area (Å²) in [6, 6.07) is 22.4. The normalized spacial score (nSPS) is 11.0. The van der Waals surface area contributed by atoms with E-state index < -0.39 is 0 Å². The van der Waals surface area contributed by atoms with Crippen molar-refractivity contribution in [3.63, 3.8) is 0 Å². The predicted molar refractivity (Wildman–Crippen MR) is 100 cm³/mol. The number of hydrogen-bond donors (Lipinski definition) is 0. The fourth-order valence-electron chi connectivity index (χ4n) is 2.43. The van der Waals surface area contributed by atoms with Crippen LogP contribution in [-0.4, -0.2) is 6.21 Å². The van der Waals surface area contributed by atoms with Crippen LogP contribution in [0.3, 0.4) is 0 Å². The molecular formula is C22H20FNO. The number of rotatable bonds is 6. The third-order valence-corrected chi connectivity index (χ3v) is 3.92. The SMILES string of the molecule is CCc1ccc(N=Cc2cccc(OCc3ccccc3F)c2)cc1. The van der Waals surface area contributed by atoms with Crippen molar-refractivity contribution in [3.8, 4) is 5.75 Å². The van der Waals surface area contributed by atoms with Crippen LogP contribution in [0.5, 0.6) is 5.75 Å². The molecule has 0 heterocycles. The van der Waals surface area contributed by atoms with Crippen LogP contribution in [0.2, 0.25) is 0 Å². The molecule has 126 valence electrons. The van der Waals surface area contributed by atoms with E-state index in [1.807, 2.05) is 36.4 Å². The highest BCUT2D eigenvalue weighted by Gasteiger charge is 2.02. The van der Waals surface area contributed by atoms with Gasteiger partial charge in [0.25, 0.3) is 0 Å². The molecule has 0 fully saturated rings. The van der Waals surface area contributed by atoms with Gasteiger partial charge in [-0.3, -0.25) is 4.99 Å². The third-order valence-electron chi connectivity index (χ3n) is 3.92. The van der Waals surface area contributed by atoms with E-state index in [1.165, 1.54) is 11.6 Å². The Balaban J connectivity index is 1.66. The van der Waals surface area contributed by atoms with Crippen molar-refractivity contribution < 1.29 is 9.13 Å². The molecule has 0 unspecified atom stereocenters. The fourth-order valence-corrected chi connectivity index (χ4v) is 2.43. The van der Waals surface area contributed by atoms with E-state index in [-0.39, 0.29) is 12.4 Å². The Hall–Kier alpha value is -2.94. The maximum atomic E-state index is 13.6. The molecule has 0 spiro atoms. The Morgan fingerprint density at radius 3 is 2.52 bits per heavy atom. The standard InChI is InChI=1S/C22H20FNO/c1-2-17-10-12-20(13-11-17)24-15-18-6-5-8-21(14-18)25-16-19-7-3-4-9-22(19)23/h3-15H,2,16H2,1H3. The lowest BCUT2D eigenvalue weighted by Crippen LogP contribution is -1.98. The van der Waals surface area contributed by atoms with E-state index in [4.69, 9.17) is 4.74 Å². The fraction of sp³-hybridized carbons (Fsp3) is 0.136. The summed E-state index contributed by atoms with van der Waals surface area (Å²) in [4.78, 5) is 4.48. The van der Waals surface area contributed by atoms with Crippen LogP contribution in [0.15, 0.2) is 77.8 Å². The lowest BCUT2D eigenvalue weighted by atomic mass is 10.1. The van der Waals surface area contributed by atoms with E-state index in [1.54, 1.807) is 24.4 Å². The van der Waals surface area contributed by atoms with Crippen LogP contribution in [0.25, 0.3) is 0 Å². The number of nitrogens with zero attached hydrogens (tertiary/aromatic N) is 1. The lowest BCUT2D eigenvalue weighted by Gasteiger charge is -2.07. The van der Waals surface area contributed by atoms with E-state index in [2.05, 4.69) is 24.0 Å². The maximum Gasteiger partial charge on any atom is 0.129 e. The Morgan fingerprint density at radius 1 is 0.960 bits per heavy atom. The molecule has 0 radical (unpaired) electrons. The first-order valence-corrected chi connectivity index (χ1v) is 8.34.